The van der Waals surface area contributed by atoms with Crippen LogP contribution < -0.4 is 5.32 Å². The van der Waals surface area contributed by atoms with Gasteiger partial charge in [0.25, 0.3) is 0 Å². The number of hydrogen-bond acceptors (Lipinski definition) is 4. The van der Waals surface area contributed by atoms with E-state index in [2.05, 4.69) is 22.2 Å². The average molecular weight is 269 g/mol. The van der Waals surface area contributed by atoms with Gasteiger partial charge in [-0.25, -0.2) is 0 Å². The Morgan fingerprint density at radius 1 is 1.05 bits per heavy atom. The van der Waals surface area contributed by atoms with E-state index in [9.17, 15) is 5.11 Å². The van der Waals surface area contributed by atoms with Gasteiger partial charge in [0.1, 0.15) is 0 Å². The first kappa shape index (κ1) is 15.2. The van der Waals surface area contributed by atoms with Crippen molar-refractivity contribution in [2.75, 3.05) is 59.5 Å². The van der Waals surface area contributed by atoms with Crippen LogP contribution in [0.1, 0.15) is 25.7 Å². The van der Waals surface area contributed by atoms with Gasteiger partial charge in [-0.3, -0.25) is 4.90 Å². The highest BCUT2D eigenvalue weighted by Gasteiger charge is 2.23. The number of aliphatic hydroxyl groups is 1. The van der Waals surface area contributed by atoms with Gasteiger partial charge >= 0.3 is 0 Å². The Morgan fingerprint density at radius 2 is 1.74 bits per heavy atom. The largest absolute Gasteiger partial charge is 0.396 e. The molecule has 0 radical (unpaired) electrons. The molecule has 112 valence electrons. The first-order chi connectivity index (χ1) is 9.29. The van der Waals surface area contributed by atoms with Crippen LogP contribution in [-0.2, 0) is 0 Å². The highest BCUT2D eigenvalue weighted by molar-refractivity contribution is 4.77. The molecule has 1 saturated carbocycles. The molecule has 0 aromatic rings. The van der Waals surface area contributed by atoms with Crippen molar-refractivity contribution in [1.29, 1.82) is 0 Å². The van der Waals surface area contributed by atoms with Gasteiger partial charge in [0, 0.05) is 45.9 Å². The molecule has 0 aromatic carbocycles. The summed E-state index contributed by atoms with van der Waals surface area (Å²) in [5.74, 6) is 1.25. The molecule has 1 heterocycles. The zero-order valence-corrected chi connectivity index (χ0v) is 12.5. The van der Waals surface area contributed by atoms with Crippen LogP contribution in [0, 0.1) is 11.8 Å². The topological polar surface area (TPSA) is 38.7 Å². The molecule has 2 atom stereocenters. The monoisotopic (exact) mass is 269 g/mol. The van der Waals surface area contributed by atoms with E-state index in [0.29, 0.717) is 18.4 Å². The fraction of sp³-hybridized carbons (Fsp3) is 1.00. The van der Waals surface area contributed by atoms with Crippen LogP contribution in [0.3, 0.4) is 0 Å². The molecular formula is C15H31N3O. The van der Waals surface area contributed by atoms with E-state index in [4.69, 9.17) is 0 Å². The zero-order valence-electron chi connectivity index (χ0n) is 12.5. The Kier molecular flexibility index (Phi) is 6.57. The molecule has 2 aliphatic rings. The highest BCUT2D eigenvalue weighted by Crippen LogP contribution is 2.28. The predicted molar refractivity (Wildman–Crippen MR) is 79.3 cm³/mol. The molecule has 0 amide bonds. The number of rotatable bonds is 6. The summed E-state index contributed by atoms with van der Waals surface area (Å²) in [6, 6.07) is 0. The maximum Gasteiger partial charge on any atom is 0.0462 e. The summed E-state index contributed by atoms with van der Waals surface area (Å²) < 4.78 is 0. The smallest absolute Gasteiger partial charge is 0.0462 e. The standard InChI is InChI=1S/C15H31N3O/c1-17-8-10-18(11-9-17)7-6-16-12-14-4-2-3-5-15(14)13-19/h14-16,19H,2-13H2,1H3. The maximum absolute atomic E-state index is 9.41. The molecule has 2 unspecified atom stereocenters. The quantitative estimate of drug-likeness (QED) is 0.694. The summed E-state index contributed by atoms with van der Waals surface area (Å²) in [4.78, 5) is 4.95. The van der Waals surface area contributed by atoms with Gasteiger partial charge in [0.2, 0.25) is 0 Å². The molecule has 2 rings (SSSR count). The SMILES string of the molecule is CN1CCN(CCNCC2CCCCC2CO)CC1. The predicted octanol–water partition coefficient (Wildman–Crippen LogP) is 0.622. The molecular weight excluding hydrogens is 238 g/mol. The number of nitrogens with one attached hydrogen (secondary N) is 1. The Hall–Kier alpha value is -0.160. The lowest BCUT2D eigenvalue weighted by Gasteiger charge is -2.33. The third-order valence-electron chi connectivity index (χ3n) is 4.91. The molecule has 1 aliphatic carbocycles. The molecule has 1 saturated heterocycles. The van der Waals surface area contributed by atoms with Crippen molar-refractivity contribution < 1.29 is 5.11 Å². The van der Waals surface area contributed by atoms with Gasteiger partial charge in [-0.1, -0.05) is 12.8 Å². The van der Waals surface area contributed by atoms with Gasteiger partial charge in [0.15, 0.2) is 0 Å². The molecule has 0 bridgehead atoms. The van der Waals surface area contributed by atoms with Crippen LogP contribution >= 0.6 is 0 Å². The van der Waals surface area contributed by atoms with Crippen molar-refractivity contribution in [3.05, 3.63) is 0 Å². The van der Waals surface area contributed by atoms with Gasteiger partial charge in [-0.2, -0.15) is 0 Å². The molecule has 4 heteroatoms. The van der Waals surface area contributed by atoms with E-state index in [-0.39, 0.29) is 0 Å². The molecule has 0 spiro atoms. The van der Waals surface area contributed by atoms with E-state index in [1.807, 2.05) is 0 Å². The van der Waals surface area contributed by atoms with Crippen LogP contribution in [0.25, 0.3) is 0 Å². The van der Waals surface area contributed by atoms with E-state index in [1.54, 1.807) is 0 Å². The second kappa shape index (κ2) is 8.20. The summed E-state index contributed by atoms with van der Waals surface area (Å²) in [6.07, 6.45) is 5.18. The molecule has 19 heavy (non-hydrogen) atoms. The number of piperazine rings is 1. The van der Waals surface area contributed by atoms with Crippen molar-refractivity contribution in [1.82, 2.24) is 15.1 Å². The minimum atomic E-state index is 0.380. The lowest BCUT2D eigenvalue weighted by atomic mass is 9.79. The van der Waals surface area contributed by atoms with Crippen molar-refractivity contribution >= 4 is 0 Å². The summed E-state index contributed by atoms with van der Waals surface area (Å²) in [6.45, 7) is 8.57. The fourth-order valence-corrected chi connectivity index (χ4v) is 3.39. The van der Waals surface area contributed by atoms with Crippen molar-refractivity contribution in [3.8, 4) is 0 Å². The maximum atomic E-state index is 9.41. The van der Waals surface area contributed by atoms with Crippen molar-refractivity contribution in [2.45, 2.75) is 25.7 Å². The van der Waals surface area contributed by atoms with Gasteiger partial charge in [-0.05, 0) is 38.3 Å². The molecule has 1 aliphatic heterocycles. The van der Waals surface area contributed by atoms with E-state index < -0.39 is 0 Å². The lowest BCUT2D eigenvalue weighted by Crippen LogP contribution is -2.47. The summed E-state index contributed by atoms with van der Waals surface area (Å²) in [5, 5.41) is 13.0. The zero-order chi connectivity index (χ0) is 13.5. The second-order valence-electron chi connectivity index (χ2n) is 6.34. The molecule has 4 nitrogen and oxygen atoms in total. The average Bonchev–Trinajstić information content (AvgIpc) is 2.46. The van der Waals surface area contributed by atoms with Gasteiger partial charge in [-0.15, -0.1) is 0 Å². The first-order valence-corrected chi connectivity index (χ1v) is 8.02. The Morgan fingerprint density at radius 3 is 2.42 bits per heavy atom. The van der Waals surface area contributed by atoms with Crippen LogP contribution in [0.5, 0.6) is 0 Å². The Labute approximate surface area is 118 Å². The van der Waals surface area contributed by atoms with Gasteiger partial charge < -0.3 is 15.3 Å². The number of likely N-dealkylation sites (N-methyl/N-ethyl adjacent to an activating group) is 1. The van der Waals surface area contributed by atoms with Crippen LogP contribution in [0.2, 0.25) is 0 Å². The number of nitrogens with zero attached hydrogens (tertiary/aromatic N) is 2. The minimum absolute atomic E-state index is 0.380. The molecule has 0 aromatic heterocycles. The molecule has 2 N–H and O–H groups in total. The third-order valence-corrected chi connectivity index (χ3v) is 4.91. The summed E-state index contributed by atoms with van der Waals surface area (Å²) in [5.41, 5.74) is 0. The Balaban J connectivity index is 1.56. The first-order valence-electron chi connectivity index (χ1n) is 8.02. The van der Waals surface area contributed by atoms with Crippen LogP contribution in [0.4, 0.5) is 0 Å². The minimum Gasteiger partial charge on any atom is -0.396 e. The van der Waals surface area contributed by atoms with E-state index in [0.717, 1.165) is 13.1 Å². The number of hydrogen-bond donors (Lipinski definition) is 2. The van der Waals surface area contributed by atoms with Gasteiger partial charge in [0.05, 0.1) is 0 Å². The van der Waals surface area contributed by atoms with E-state index >= 15 is 0 Å². The lowest BCUT2D eigenvalue weighted by molar-refractivity contribution is 0.129. The molecule has 2 fully saturated rings. The second-order valence-corrected chi connectivity index (χ2v) is 6.34. The van der Waals surface area contributed by atoms with Crippen molar-refractivity contribution in [3.63, 3.8) is 0 Å². The summed E-state index contributed by atoms with van der Waals surface area (Å²) >= 11 is 0. The summed E-state index contributed by atoms with van der Waals surface area (Å²) in [7, 11) is 2.20. The normalized spacial score (nSPS) is 30.6. The Bertz CT molecular complexity index is 242. The highest BCUT2D eigenvalue weighted by atomic mass is 16.3. The fourth-order valence-electron chi connectivity index (χ4n) is 3.39. The number of aliphatic hydroxyl groups excluding tert-OH is 1. The third kappa shape index (κ3) is 5.03. The van der Waals surface area contributed by atoms with Crippen molar-refractivity contribution in [2.24, 2.45) is 11.8 Å². The van der Waals surface area contributed by atoms with E-state index in [1.165, 1.54) is 58.4 Å². The van der Waals surface area contributed by atoms with Crippen LogP contribution in [-0.4, -0.2) is 74.4 Å². The van der Waals surface area contributed by atoms with Crippen LogP contribution in [0.15, 0.2) is 0 Å².